The lowest BCUT2D eigenvalue weighted by Crippen LogP contribution is -2.47. The highest BCUT2D eigenvalue weighted by Crippen LogP contribution is 2.35. The zero-order valence-corrected chi connectivity index (χ0v) is 8.38. The fraction of sp³-hybridized carbons (Fsp3) is 0.800. The molecule has 4 heteroatoms. The molecule has 0 saturated heterocycles. The van der Waals surface area contributed by atoms with Gasteiger partial charge in [-0.2, -0.15) is 5.26 Å². The third-order valence-electron chi connectivity index (χ3n) is 3.01. The van der Waals surface area contributed by atoms with Crippen LogP contribution in [0.5, 0.6) is 0 Å². The van der Waals surface area contributed by atoms with Crippen molar-refractivity contribution in [3.63, 3.8) is 0 Å². The number of nitriles is 1. The van der Waals surface area contributed by atoms with Crippen LogP contribution in [-0.4, -0.2) is 19.0 Å². The molecule has 1 fully saturated rings. The van der Waals surface area contributed by atoms with Gasteiger partial charge >= 0.3 is 0 Å². The number of carbonyl (C=O) groups excluding carboxylic acids is 1. The Labute approximate surface area is 84.5 Å². The van der Waals surface area contributed by atoms with Crippen molar-refractivity contribution in [2.24, 2.45) is 11.1 Å². The van der Waals surface area contributed by atoms with E-state index in [9.17, 15) is 4.79 Å². The van der Waals surface area contributed by atoms with Crippen LogP contribution in [0.15, 0.2) is 0 Å². The second kappa shape index (κ2) is 4.97. The molecular formula is C10H17N3O. The van der Waals surface area contributed by atoms with Crippen LogP contribution in [0.1, 0.15) is 32.1 Å². The van der Waals surface area contributed by atoms with Crippen molar-refractivity contribution in [3.8, 4) is 6.07 Å². The van der Waals surface area contributed by atoms with Crippen molar-refractivity contribution in [1.82, 2.24) is 5.32 Å². The Morgan fingerprint density at radius 3 is 2.57 bits per heavy atom. The Kier molecular flexibility index (Phi) is 3.90. The molecule has 1 aliphatic rings. The minimum Gasteiger partial charge on any atom is -0.342 e. The van der Waals surface area contributed by atoms with E-state index in [1.54, 1.807) is 0 Å². The zero-order valence-electron chi connectivity index (χ0n) is 8.38. The van der Waals surface area contributed by atoms with Crippen molar-refractivity contribution in [2.75, 3.05) is 13.1 Å². The van der Waals surface area contributed by atoms with E-state index in [1.165, 1.54) is 6.42 Å². The monoisotopic (exact) mass is 195 g/mol. The lowest BCUT2D eigenvalue weighted by Gasteiger charge is -2.34. The van der Waals surface area contributed by atoms with Gasteiger partial charge in [-0.3, -0.25) is 4.79 Å². The fourth-order valence-corrected chi connectivity index (χ4v) is 2.06. The molecule has 14 heavy (non-hydrogen) atoms. The van der Waals surface area contributed by atoms with Gasteiger partial charge in [-0.15, -0.1) is 0 Å². The predicted octanol–water partition coefficient (Wildman–Crippen LogP) is 0.535. The molecule has 1 amide bonds. The van der Waals surface area contributed by atoms with Crippen LogP contribution in [0, 0.1) is 16.7 Å². The van der Waals surface area contributed by atoms with E-state index in [4.69, 9.17) is 11.0 Å². The maximum atomic E-state index is 11.8. The molecule has 1 aliphatic carbocycles. The Bertz CT molecular complexity index is 238. The summed E-state index contributed by atoms with van der Waals surface area (Å²) in [4.78, 5) is 11.8. The summed E-state index contributed by atoms with van der Waals surface area (Å²) in [7, 11) is 0. The third-order valence-corrected chi connectivity index (χ3v) is 3.01. The normalized spacial score (nSPS) is 19.7. The van der Waals surface area contributed by atoms with E-state index in [1.807, 2.05) is 6.07 Å². The smallest absolute Gasteiger partial charge is 0.228 e. The first-order chi connectivity index (χ1) is 6.75. The number of carbonyl (C=O) groups is 1. The number of rotatable bonds is 3. The Balaban J connectivity index is 2.58. The van der Waals surface area contributed by atoms with Gasteiger partial charge in [0.05, 0.1) is 11.5 Å². The van der Waals surface area contributed by atoms with Crippen molar-refractivity contribution in [2.45, 2.75) is 32.1 Å². The van der Waals surface area contributed by atoms with E-state index in [0.29, 0.717) is 6.54 Å². The molecular weight excluding hydrogens is 178 g/mol. The summed E-state index contributed by atoms with van der Waals surface area (Å²) in [5, 5.41) is 11.0. The van der Waals surface area contributed by atoms with Gasteiger partial charge in [0.15, 0.2) is 0 Å². The molecule has 1 rings (SSSR count). The standard InChI is InChI=1S/C10H17N3O/c11-6-7-13-9(14)10(8-12)4-2-1-3-5-10/h1-5,7-8,12H2,(H,13,14). The van der Waals surface area contributed by atoms with Crippen LogP contribution in [0.4, 0.5) is 0 Å². The van der Waals surface area contributed by atoms with Crippen LogP contribution in [-0.2, 0) is 4.79 Å². The van der Waals surface area contributed by atoms with Gasteiger partial charge in [-0.25, -0.2) is 0 Å². The SMILES string of the molecule is N#CCNC(=O)C1(CN)CCCCC1. The molecule has 1 saturated carbocycles. The summed E-state index contributed by atoms with van der Waals surface area (Å²) < 4.78 is 0. The highest BCUT2D eigenvalue weighted by atomic mass is 16.2. The highest BCUT2D eigenvalue weighted by Gasteiger charge is 2.37. The fourth-order valence-electron chi connectivity index (χ4n) is 2.06. The minimum absolute atomic E-state index is 0.0405. The largest absolute Gasteiger partial charge is 0.342 e. The molecule has 3 N–H and O–H groups in total. The van der Waals surface area contributed by atoms with Crippen molar-refractivity contribution >= 4 is 5.91 Å². The van der Waals surface area contributed by atoms with Crippen molar-refractivity contribution < 1.29 is 4.79 Å². The number of nitrogens with one attached hydrogen (secondary N) is 1. The van der Waals surface area contributed by atoms with Gasteiger partial charge in [-0.1, -0.05) is 19.3 Å². The molecule has 0 spiro atoms. The summed E-state index contributed by atoms with van der Waals surface area (Å²) in [5.74, 6) is -0.0405. The highest BCUT2D eigenvalue weighted by molar-refractivity contribution is 5.83. The van der Waals surface area contributed by atoms with Crippen LogP contribution in [0.3, 0.4) is 0 Å². The average Bonchev–Trinajstić information content (AvgIpc) is 2.26. The number of hydrogen-bond donors (Lipinski definition) is 2. The number of amides is 1. The number of nitrogens with two attached hydrogens (primary N) is 1. The third kappa shape index (κ3) is 2.24. The van der Waals surface area contributed by atoms with Gasteiger partial charge in [0.25, 0.3) is 0 Å². The molecule has 0 bridgehead atoms. The van der Waals surface area contributed by atoms with Gasteiger partial charge < -0.3 is 11.1 Å². The summed E-state index contributed by atoms with van der Waals surface area (Å²) in [6.45, 7) is 0.477. The van der Waals surface area contributed by atoms with Crippen LogP contribution < -0.4 is 11.1 Å². The molecule has 78 valence electrons. The van der Waals surface area contributed by atoms with Gasteiger partial charge in [0, 0.05) is 6.54 Å². The van der Waals surface area contributed by atoms with Crippen molar-refractivity contribution in [1.29, 1.82) is 5.26 Å². The molecule has 0 aliphatic heterocycles. The van der Waals surface area contributed by atoms with Crippen molar-refractivity contribution in [3.05, 3.63) is 0 Å². The lowest BCUT2D eigenvalue weighted by atomic mass is 9.73. The predicted molar refractivity (Wildman–Crippen MR) is 53.2 cm³/mol. The van der Waals surface area contributed by atoms with Crippen LogP contribution >= 0.6 is 0 Å². The molecule has 0 radical (unpaired) electrons. The second-order valence-corrected chi connectivity index (χ2v) is 3.89. The number of hydrogen-bond acceptors (Lipinski definition) is 3. The minimum atomic E-state index is -0.394. The second-order valence-electron chi connectivity index (χ2n) is 3.89. The first kappa shape index (κ1) is 11.0. The van der Waals surface area contributed by atoms with Gasteiger partial charge in [0.2, 0.25) is 5.91 Å². The lowest BCUT2D eigenvalue weighted by molar-refractivity contribution is -0.132. The molecule has 0 atom stereocenters. The maximum Gasteiger partial charge on any atom is 0.228 e. The van der Waals surface area contributed by atoms with E-state index in [2.05, 4.69) is 5.32 Å². The Morgan fingerprint density at radius 2 is 2.07 bits per heavy atom. The first-order valence-electron chi connectivity index (χ1n) is 5.10. The molecule has 0 unspecified atom stereocenters. The molecule has 0 heterocycles. The average molecular weight is 195 g/mol. The van der Waals surface area contributed by atoms with E-state index in [0.717, 1.165) is 25.7 Å². The van der Waals surface area contributed by atoms with E-state index >= 15 is 0 Å². The quantitative estimate of drug-likeness (QED) is 0.645. The van der Waals surface area contributed by atoms with Gasteiger partial charge in [-0.05, 0) is 12.8 Å². The van der Waals surface area contributed by atoms with E-state index in [-0.39, 0.29) is 12.5 Å². The molecule has 0 aromatic carbocycles. The van der Waals surface area contributed by atoms with Crippen LogP contribution in [0.2, 0.25) is 0 Å². The van der Waals surface area contributed by atoms with Gasteiger partial charge in [0.1, 0.15) is 6.54 Å². The summed E-state index contributed by atoms with van der Waals surface area (Å²) >= 11 is 0. The Morgan fingerprint density at radius 1 is 1.43 bits per heavy atom. The topological polar surface area (TPSA) is 78.9 Å². The molecule has 0 aromatic rings. The maximum absolute atomic E-state index is 11.8. The summed E-state index contributed by atoms with van der Waals surface area (Å²) in [6, 6.07) is 1.91. The van der Waals surface area contributed by atoms with Crippen LogP contribution in [0.25, 0.3) is 0 Å². The summed E-state index contributed by atoms with van der Waals surface area (Å²) in [6.07, 6.45) is 5.04. The molecule has 0 aromatic heterocycles. The number of nitrogens with zero attached hydrogens (tertiary/aromatic N) is 1. The Hall–Kier alpha value is -1.08. The first-order valence-corrected chi connectivity index (χ1v) is 5.10. The molecule has 4 nitrogen and oxygen atoms in total. The zero-order chi connectivity index (χ0) is 10.4. The van der Waals surface area contributed by atoms with E-state index < -0.39 is 5.41 Å². The summed E-state index contributed by atoms with van der Waals surface area (Å²) in [5.41, 5.74) is 5.27.